The van der Waals surface area contributed by atoms with Gasteiger partial charge in [0.2, 0.25) is 0 Å². The van der Waals surface area contributed by atoms with Crippen molar-refractivity contribution in [3.8, 4) is 0 Å². The number of benzene rings is 2. The SMILES string of the molecule is COC(=O)c1ccc(N)c(C(=O)N[C@H](C)c2cccc(C(F)F)c2F)c1. The van der Waals surface area contributed by atoms with Crippen LogP contribution in [0.4, 0.5) is 18.9 Å². The molecule has 5 nitrogen and oxygen atoms in total. The normalized spacial score (nSPS) is 11.9. The maximum Gasteiger partial charge on any atom is 0.337 e. The van der Waals surface area contributed by atoms with Gasteiger partial charge in [0.15, 0.2) is 0 Å². The average molecular weight is 366 g/mol. The number of rotatable bonds is 5. The van der Waals surface area contributed by atoms with Crippen LogP contribution in [0.2, 0.25) is 0 Å². The predicted octanol–water partition coefficient (Wildman–Crippen LogP) is 3.62. The molecule has 0 saturated heterocycles. The van der Waals surface area contributed by atoms with E-state index in [4.69, 9.17) is 5.73 Å². The topological polar surface area (TPSA) is 81.4 Å². The summed E-state index contributed by atoms with van der Waals surface area (Å²) in [5.74, 6) is -2.41. The lowest BCUT2D eigenvalue weighted by molar-refractivity contribution is 0.0600. The summed E-state index contributed by atoms with van der Waals surface area (Å²) in [5.41, 5.74) is 5.14. The number of halogens is 3. The first-order valence-corrected chi connectivity index (χ1v) is 7.61. The molecular weight excluding hydrogens is 349 g/mol. The minimum atomic E-state index is -2.97. The molecule has 0 radical (unpaired) electrons. The van der Waals surface area contributed by atoms with E-state index in [2.05, 4.69) is 10.1 Å². The monoisotopic (exact) mass is 366 g/mol. The third-order valence-electron chi connectivity index (χ3n) is 3.83. The molecule has 8 heteroatoms. The largest absolute Gasteiger partial charge is 0.465 e. The maximum atomic E-state index is 14.2. The van der Waals surface area contributed by atoms with Crippen LogP contribution >= 0.6 is 0 Å². The van der Waals surface area contributed by atoms with E-state index in [0.29, 0.717) is 0 Å². The first-order chi connectivity index (χ1) is 12.3. The third kappa shape index (κ3) is 3.96. The number of methoxy groups -OCH3 is 1. The van der Waals surface area contributed by atoms with Gasteiger partial charge < -0.3 is 15.8 Å². The molecule has 0 heterocycles. The Kier molecular flexibility index (Phi) is 5.86. The lowest BCUT2D eigenvalue weighted by atomic mass is 10.0. The lowest BCUT2D eigenvalue weighted by Gasteiger charge is -2.17. The molecule has 0 aliphatic rings. The van der Waals surface area contributed by atoms with E-state index in [9.17, 15) is 22.8 Å². The van der Waals surface area contributed by atoms with Gasteiger partial charge in [-0.25, -0.2) is 18.0 Å². The van der Waals surface area contributed by atoms with Crippen LogP contribution in [0.5, 0.6) is 0 Å². The Morgan fingerprint density at radius 2 is 1.81 bits per heavy atom. The van der Waals surface area contributed by atoms with Crippen LogP contribution in [-0.4, -0.2) is 19.0 Å². The van der Waals surface area contributed by atoms with Crippen molar-refractivity contribution >= 4 is 17.6 Å². The fourth-order valence-corrected chi connectivity index (χ4v) is 2.42. The number of alkyl halides is 2. The Morgan fingerprint density at radius 1 is 1.15 bits per heavy atom. The highest BCUT2D eigenvalue weighted by Crippen LogP contribution is 2.27. The summed E-state index contributed by atoms with van der Waals surface area (Å²) >= 11 is 0. The van der Waals surface area contributed by atoms with E-state index in [1.807, 2.05) is 0 Å². The number of amides is 1. The van der Waals surface area contributed by atoms with Crippen molar-refractivity contribution in [3.05, 3.63) is 64.5 Å². The molecule has 0 aromatic heterocycles. The van der Waals surface area contributed by atoms with Gasteiger partial charge in [-0.15, -0.1) is 0 Å². The van der Waals surface area contributed by atoms with Gasteiger partial charge in [0, 0.05) is 11.3 Å². The molecule has 1 atom stereocenters. The fraction of sp³-hybridized carbons (Fsp3) is 0.222. The van der Waals surface area contributed by atoms with E-state index in [1.54, 1.807) is 0 Å². The summed E-state index contributed by atoms with van der Waals surface area (Å²) in [5, 5.41) is 2.49. The van der Waals surface area contributed by atoms with Crippen LogP contribution in [0.25, 0.3) is 0 Å². The lowest BCUT2D eigenvalue weighted by Crippen LogP contribution is -2.28. The van der Waals surface area contributed by atoms with E-state index < -0.39 is 35.7 Å². The van der Waals surface area contributed by atoms with E-state index in [0.717, 1.165) is 6.07 Å². The van der Waals surface area contributed by atoms with Gasteiger partial charge in [-0.2, -0.15) is 0 Å². The number of hydrogen-bond donors (Lipinski definition) is 2. The van der Waals surface area contributed by atoms with Crippen LogP contribution < -0.4 is 11.1 Å². The quantitative estimate of drug-likeness (QED) is 0.626. The molecule has 0 fully saturated rings. The number of hydrogen-bond acceptors (Lipinski definition) is 4. The standard InChI is InChI=1S/C18H17F3N2O3/c1-9(11-4-3-5-12(15(11)19)16(20)21)23-17(24)13-8-10(18(25)26-2)6-7-14(13)22/h3-9,16H,22H2,1-2H3,(H,23,24)/t9-/m1/s1. The third-order valence-corrected chi connectivity index (χ3v) is 3.83. The van der Waals surface area contributed by atoms with Gasteiger partial charge in [-0.3, -0.25) is 4.79 Å². The van der Waals surface area contributed by atoms with Gasteiger partial charge in [-0.05, 0) is 25.1 Å². The summed E-state index contributed by atoms with van der Waals surface area (Å²) in [6.07, 6.45) is -2.97. The summed E-state index contributed by atoms with van der Waals surface area (Å²) in [6, 6.07) is 6.68. The minimum absolute atomic E-state index is 0.00910. The van der Waals surface area contributed by atoms with Crippen LogP contribution in [0.1, 0.15) is 51.2 Å². The molecule has 0 spiro atoms. The maximum absolute atomic E-state index is 14.2. The summed E-state index contributed by atoms with van der Waals surface area (Å²) in [7, 11) is 1.19. The van der Waals surface area contributed by atoms with Crippen molar-refractivity contribution in [2.24, 2.45) is 0 Å². The van der Waals surface area contributed by atoms with E-state index in [1.165, 1.54) is 44.4 Å². The first kappa shape index (κ1) is 19.3. The highest BCUT2D eigenvalue weighted by atomic mass is 19.3. The molecule has 138 valence electrons. The van der Waals surface area contributed by atoms with Crippen molar-refractivity contribution < 1.29 is 27.5 Å². The molecule has 26 heavy (non-hydrogen) atoms. The first-order valence-electron chi connectivity index (χ1n) is 7.61. The van der Waals surface area contributed by atoms with Crippen LogP contribution in [-0.2, 0) is 4.74 Å². The van der Waals surface area contributed by atoms with Gasteiger partial charge in [0.1, 0.15) is 5.82 Å². The molecule has 2 rings (SSSR count). The number of nitrogen functional groups attached to an aromatic ring is 1. The van der Waals surface area contributed by atoms with Crippen molar-refractivity contribution in [2.45, 2.75) is 19.4 Å². The molecule has 0 aliphatic carbocycles. The van der Waals surface area contributed by atoms with E-state index in [-0.39, 0.29) is 22.4 Å². The fourth-order valence-electron chi connectivity index (χ4n) is 2.42. The Morgan fingerprint density at radius 3 is 2.42 bits per heavy atom. The van der Waals surface area contributed by atoms with Gasteiger partial charge in [0.05, 0.1) is 29.8 Å². The molecule has 2 aromatic carbocycles. The molecule has 0 unspecified atom stereocenters. The smallest absolute Gasteiger partial charge is 0.337 e. The molecule has 1 amide bonds. The Hall–Kier alpha value is -3.03. The number of carbonyl (C=O) groups excluding carboxylic acids is 2. The minimum Gasteiger partial charge on any atom is -0.465 e. The van der Waals surface area contributed by atoms with E-state index >= 15 is 0 Å². The number of esters is 1. The Bertz CT molecular complexity index is 840. The second-order valence-corrected chi connectivity index (χ2v) is 5.54. The zero-order valence-corrected chi connectivity index (χ0v) is 14.1. The van der Waals surface area contributed by atoms with Crippen LogP contribution in [0, 0.1) is 5.82 Å². The van der Waals surface area contributed by atoms with Gasteiger partial charge in [0.25, 0.3) is 12.3 Å². The highest BCUT2D eigenvalue weighted by molar-refractivity contribution is 6.02. The van der Waals surface area contributed by atoms with Crippen molar-refractivity contribution in [1.82, 2.24) is 5.32 Å². The molecular formula is C18H17F3N2O3. The number of ether oxygens (including phenoxy) is 1. The summed E-state index contributed by atoms with van der Waals surface area (Å²) < 4.78 is 44.4. The van der Waals surface area contributed by atoms with Crippen LogP contribution in [0.15, 0.2) is 36.4 Å². The van der Waals surface area contributed by atoms with Crippen molar-refractivity contribution in [1.29, 1.82) is 0 Å². The Balaban J connectivity index is 2.28. The summed E-state index contributed by atoms with van der Waals surface area (Å²) in [6.45, 7) is 1.45. The number of nitrogens with one attached hydrogen (secondary N) is 1. The van der Waals surface area contributed by atoms with Gasteiger partial charge in [-0.1, -0.05) is 18.2 Å². The number of anilines is 1. The second-order valence-electron chi connectivity index (χ2n) is 5.54. The molecule has 0 aliphatic heterocycles. The predicted molar refractivity (Wildman–Crippen MR) is 89.4 cm³/mol. The zero-order chi connectivity index (χ0) is 19.4. The molecule has 2 aromatic rings. The number of nitrogens with two attached hydrogens (primary N) is 1. The second kappa shape index (κ2) is 7.90. The zero-order valence-electron chi connectivity index (χ0n) is 14.1. The Labute approximate surface area is 148 Å². The van der Waals surface area contributed by atoms with Crippen molar-refractivity contribution in [3.63, 3.8) is 0 Å². The van der Waals surface area contributed by atoms with Gasteiger partial charge >= 0.3 is 5.97 Å². The molecule has 0 saturated carbocycles. The van der Waals surface area contributed by atoms with Crippen molar-refractivity contribution in [2.75, 3.05) is 12.8 Å². The van der Waals surface area contributed by atoms with Crippen LogP contribution in [0.3, 0.4) is 0 Å². The molecule has 0 bridgehead atoms. The summed E-state index contributed by atoms with van der Waals surface area (Å²) in [4.78, 5) is 24.0. The average Bonchev–Trinajstić information content (AvgIpc) is 2.61. The highest BCUT2D eigenvalue weighted by Gasteiger charge is 2.22. The number of carbonyl (C=O) groups is 2. The molecule has 3 N–H and O–H groups in total.